The van der Waals surface area contributed by atoms with E-state index in [9.17, 15) is 4.79 Å². The number of carbonyl (C=O) groups excluding carboxylic acids is 1. The molecule has 0 saturated carbocycles. The molecule has 0 bridgehead atoms. The fraction of sp³-hybridized carbons (Fsp3) is 0.600. The Morgan fingerprint density at radius 3 is 2.75 bits per heavy atom. The molecule has 110 valence electrons. The summed E-state index contributed by atoms with van der Waals surface area (Å²) in [5.74, 6) is -0.0362. The molecular weight excluding hydrogens is 256 g/mol. The summed E-state index contributed by atoms with van der Waals surface area (Å²) in [6.45, 7) is 8.95. The first kappa shape index (κ1) is 14.9. The summed E-state index contributed by atoms with van der Waals surface area (Å²) in [5.41, 5.74) is 1.24. The molecule has 0 unspecified atom stereocenters. The Bertz CT molecular complexity index is 462. The highest BCUT2D eigenvalue weighted by Gasteiger charge is 2.20. The molecule has 1 saturated heterocycles. The van der Waals surface area contributed by atoms with Gasteiger partial charge in [0, 0.05) is 19.3 Å². The van der Waals surface area contributed by atoms with Gasteiger partial charge in [0.15, 0.2) is 0 Å². The lowest BCUT2D eigenvalue weighted by molar-refractivity contribution is -0.0150. The first-order valence-electron chi connectivity index (χ1n) is 6.92. The van der Waals surface area contributed by atoms with Gasteiger partial charge in [0.25, 0.3) is 5.91 Å². The molecule has 2 rings (SSSR count). The van der Waals surface area contributed by atoms with Crippen molar-refractivity contribution in [3.63, 3.8) is 0 Å². The number of amides is 1. The van der Waals surface area contributed by atoms with Gasteiger partial charge in [0.1, 0.15) is 5.69 Å². The minimum Gasteiger partial charge on any atom is -0.378 e. The number of aromatic nitrogens is 1. The number of pyridine rings is 1. The van der Waals surface area contributed by atoms with Crippen molar-refractivity contribution in [3.05, 3.63) is 29.6 Å². The Hall–Kier alpha value is -1.46. The molecule has 0 N–H and O–H groups in total. The number of ether oxygens (including phenoxy) is 2. The lowest BCUT2D eigenvalue weighted by atomic mass is 10.1. The summed E-state index contributed by atoms with van der Waals surface area (Å²) >= 11 is 0. The second-order valence-corrected chi connectivity index (χ2v) is 5.85. The minimum absolute atomic E-state index is 0.0362. The van der Waals surface area contributed by atoms with Crippen LogP contribution in [0.4, 0.5) is 0 Å². The molecule has 5 heteroatoms. The van der Waals surface area contributed by atoms with Crippen molar-refractivity contribution in [2.75, 3.05) is 26.3 Å². The fourth-order valence-corrected chi connectivity index (χ4v) is 1.91. The van der Waals surface area contributed by atoms with Gasteiger partial charge in [-0.05, 0) is 38.5 Å². The Balaban J connectivity index is 2.03. The molecule has 1 fully saturated rings. The predicted octanol–water partition coefficient (Wildman–Crippen LogP) is 1.87. The molecule has 0 spiro atoms. The molecule has 20 heavy (non-hydrogen) atoms. The minimum atomic E-state index is -0.197. The third-order valence-electron chi connectivity index (χ3n) is 3.01. The molecule has 1 aromatic heterocycles. The van der Waals surface area contributed by atoms with Gasteiger partial charge in [-0.3, -0.25) is 9.78 Å². The smallest absolute Gasteiger partial charge is 0.272 e. The van der Waals surface area contributed by atoms with E-state index in [0.717, 1.165) is 5.56 Å². The Morgan fingerprint density at radius 1 is 1.40 bits per heavy atom. The third-order valence-corrected chi connectivity index (χ3v) is 3.01. The van der Waals surface area contributed by atoms with E-state index in [-0.39, 0.29) is 11.5 Å². The molecular formula is C15H22N2O3. The van der Waals surface area contributed by atoms with Crippen LogP contribution in [-0.4, -0.2) is 47.7 Å². The van der Waals surface area contributed by atoms with Crippen molar-refractivity contribution in [1.29, 1.82) is 0 Å². The van der Waals surface area contributed by atoms with Gasteiger partial charge in [0.2, 0.25) is 0 Å². The molecule has 0 radical (unpaired) electrons. The molecule has 1 aliphatic rings. The van der Waals surface area contributed by atoms with Gasteiger partial charge in [-0.2, -0.15) is 0 Å². The maximum atomic E-state index is 12.3. The summed E-state index contributed by atoms with van der Waals surface area (Å²) in [6.07, 6.45) is 1.66. The number of nitrogens with zero attached hydrogens (tertiary/aromatic N) is 2. The normalized spacial score (nSPS) is 16.2. The number of carbonyl (C=O) groups is 1. The van der Waals surface area contributed by atoms with Crippen molar-refractivity contribution < 1.29 is 14.3 Å². The highest BCUT2D eigenvalue weighted by atomic mass is 16.5. The SMILES string of the molecule is CC(C)(C)OCc1ccnc(C(=O)N2CCOCC2)c1. The van der Waals surface area contributed by atoms with Crippen LogP contribution in [0.5, 0.6) is 0 Å². The van der Waals surface area contributed by atoms with Gasteiger partial charge >= 0.3 is 0 Å². The molecule has 0 aliphatic carbocycles. The van der Waals surface area contributed by atoms with Crippen LogP contribution in [0.25, 0.3) is 0 Å². The number of rotatable bonds is 3. The highest BCUT2D eigenvalue weighted by molar-refractivity contribution is 5.92. The molecule has 0 atom stereocenters. The molecule has 1 aromatic rings. The number of hydrogen-bond acceptors (Lipinski definition) is 4. The first-order chi connectivity index (χ1) is 9.46. The van der Waals surface area contributed by atoms with E-state index in [1.807, 2.05) is 32.9 Å². The van der Waals surface area contributed by atoms with Gasteiger partial charge < -0.3 is 14.4 Å². The summed E-state index contributed by atoms with van der Waals surface area (Å²) in [7, 11) is 0. The molecule has 1 amide bonds. The number of morpholine rings is 1. The van der Waals surface area contributed by atoms with Crippen LogP contribution < -0.4 is 0 Å². The quantitative estimate of drug-likeness (QED) is 0.847. The topological polar surface area (TPSA) is 51.7 Å². The van der Waals surface area contributed by atoms with Crippen molar-refractivity contribution in [2.45, 2.75) is 33.0 Å². The molecule has 0 aromatic carbocycles. The zero-order valence-corrected chi connectivity index (χ0v) is 12.4. The van der Waals surface area contributed by atoms with Crippen LogP contribution in [0.3, 0.4) is 0 Å². The van der Waals surface area contributed by atoms with Crippen LogP contribution in [0.15, 0.2) is 18.3 Å². The van der Waals surface area contributed by atoms with E-state index in [0.29, 0.717) is 38.6 Å². The van der Waals surface area contributed by atoms with Gasteiger partial charge in [0.05, 0.1) is 25.4 Å². The maximum absolute atomic E-state index is 12.3. The summed E-state index contributed by atoms with van der Waals surface area (Å²) in [6, 6.07) is 3.69. The zero-order chi connectivity index (χ0) is 14.6. The summed E-state index contributed by atoms with van der Waals surface area (Å²) < 4.78 is 11.0. The van der Waals surface area contributed by atoms with Crippen LogP contribution in [0, 0.1) is 0 Å². The van der Waals surface area contributed by atoms with Crippen molar-refractivity contribution >= 4 is 5.91 Å². The van der Waals surface area contributed by atoms with Crippen molar-refractivity contribution in [2.24, 2.45) is 0 Å². The molecule has 2 heterocycles. The van der Waals surface area contributed by atoms with Gasteiger partial charge in [-0.25, -0.2) is 0 Å². The largest absolute Gasteiger partial charge is 0.378 e. The Kier molecular flexibility index (Phi) is 4.73. The van der Waals surface area contributed by atoms with E-state index in [2.05, 4.69) is 4.98 Å². The highest BCUT2D eigenvalue weighted by Crippen LogP contribution is 2.13. The average molecular weight is 278 g/mol. The number of hydrogen-bond donors (Lipinski definition) is 0. The molecule has 5 nitrogen and oxygen atoms in total. The summed E-state index contributed by atoms with van der Waals surface area (Å²) in [4.78, 5) is 18.3. The van der Waals surface area contributed by atoms with Crippen molar-refractivity contribution in [1.82, 2.24) is 9.88 Å². The lowest BCUT2D eigenvalue weighted by Gasteiger charge is -2.26. The van der Waals surface area contributed by atoms with E-state index in [1.165, 1.54) is 0 Å². The Morgan fingerprint density at radius 2 is 2.10 bits per heavy atom. The van der Waals surface area contributed by atoms with Crippen LogP contribution >= 0.6 is 0 Å². The Labute approximate surface area is 119 Å². The lowest BCUT2D eigenvalue weighted by Crippen LogP contribution is -2.41. The molecule has 1 aliphatic heterocycles. The first-order valence-corrected chi connectivity index (χ1v) is 6.92. The second-order valence-electron chi connectivity index (χ2n) is 5.85. The van der Waals surface area contributed by atoms with Gasteiger partial charge in [-0.15, -0.1) is 0 Å². The van der Waals surface area contributed by atoms with E-state index < -0.39 is 0 Å². The van der Waals surface area contributed by atoms with Crippen LogP contribution in [0.2, 0.25) is 0 Å². The van der Waals surface area contributed by atoms with E-state index >= 15 is 0 Å². The van der Waals surface area contributed by atoms with Gasteiger partial charge in [-0.1, -0.05) is 0 Å². The summed E-state index contributed by atoms with van der Waals surface area (Å²) in [5, 5.41) is 0. The monoisotopic (exact) mass is 278 g/mol. The van der Waals surface area contributed by atoms with E-state index in [1.54, 1.807) is 11.1 Å². The second kappa shape index (κ2) is 6.33. The van der Waals surface area contributed by atoms with E-state index in [4.69, 9.17) is 9.47 Å². The van der Waals surface area contributed by atoms with Crippen molar-refractivity contribution in [3.8, 4) is 0 Å². The third kappa shape index (κ3) is 4.28. The standard InChI is InChI=1S/C15H22N2O3/c1-15(2,3)20-11-12-4-5-16-13(10-12)14(18)17-6-8-19-9-7-17/h4-5,10H,6-9,11H2,1-3H3. The van der Waals surface area contributed by atoms with Crippen LogP contribution in [-0.2, 0) is 16.1 Å². The van der Waals surface area contributed by atoms with Crippen LogP contribution in [0.1, 0.15) is 36.8 Å². The maximum Gasteiger partial charge on any atom is 0.272 e. The fourth-order valence-electron chi connectivity index (χ4n) is 1.91. The predicted molar refractivity (Wildman–Crippen MR) is 75.5 cm³/mol. The average Bonchev–Trinajstić information content (AvgIpc) is 2.45. The zero-order valence-electron chi connectivity index (χ0n) is 12.4.